The number of hydrogen-bond donors (Lipinski definition) is 1. The van der Waals surface area contributed by atoms with Gasteiger partial charge in [0, 0.05) is 0 Å². The van der Waals surface area contributed by atoms with Gasteiger partial charge < -0.3 is 9.84 Å². The van der Waals surface area contributed by atoms with E-state index in [9.17, 15) is 4.79 Å². The third-order valence-electron chi connectivity index (χ3n) is 2.18. The minimum atomic E-state index is -0.341. The molecule has 1 rings (SSSR count). The van der Waals surface area contributed by atoms with E-state index in [1.807, 2.05) is 13.0 Å². The second-order valence-corrected chi connectivity index (χ2v) is 3.10. The Morgan fingerprint density at radius 3 is 2.87 bits per heavy atom. The predicted octanol–water partition coefficient (Wildman–Crippen LogP) is 1.79. The highest BCUT2D eigenvalue weighted by atomic mass is 16.5. The lowest BCUT2D eigenvalue weighted by molar-refractivity contribution is 0.0600. The molecule has 0 aliphatic carbocycles. The zero-order valence-electron chi connectivity index (χ0n) is 8.86. The predicted molar refractivity (Wildman–Crippen MR) is 58.6 cm³/mol. The van der Waals surface area contributed by atoms with Gasteiger partial charge in [0.2, 0.25) is 0 Å². The molecule has 1 N–H and O–H groups in total. The number of rotatable bonds is 3. The largest absolute Gasteiger partial charge is 0.465 e. The fourth-order valence-corrected chi connectivity index (χ4v) is 1.34. The standard InChI is InChI=1S/C12H14O3/c1-9-10(6-4-8-13)5-3-7-11(9)12(14)15-2/h3-7,13H,8H2,1-2H3. The fraction of sp³-hybridized carbons (Fsp3) is 0.250. The van der Waals surface area contributed by atoms with Crippen molar-refractivity contribution in [2.24, 2.45) is 0 Å². The van der Waals surface area contributed by atoms with Gasteiger partial charge in [-0.2, -0.15) is 0 Å². The van der Waals surface area contributed by atoms with Gasteiger partial charge >= 0.3 is 5.97 Å². The van der Waals surface area contributed by atoms with E-state index in [4.69, 9.17) is 5.11 Å². The molecule has 1 aromatic rings. The number of hydrogen-bond acceptors (Lipinski definition) is 3. The molecular formula is C12H14O3. The quantitative estimate of drug-likeness (QED) is 0.767. The van der Waals surface area contributed by atoms with Crippen molar-refractivity contribution in [2.45, 2.75) is 6.92 Å². The highest BCUT2D eigenvalue weighted by Gasteiger charge is 2.09. The van der Waals surface area contributed by atoms with E-state index in [1.54, 1.807) is 24.3 Å². The lowest BCUT2D eigenvalue weighted by Gasteiger charge is -2.06. The summed E-state index contributed by atoms with van der Waals surface area (Å²) in [7, 11) is 1.36. The summed E-state index contributed by atoms with van der Waals surface area (Å²) in [6.07, 6.45) is 3.41. The van der Waals surface area contributed by atoms with Crippen molar-refractivity contribution in [3.8, 4) is 0 Å². The number of methoxy groups -OCH3 is 1. The summed E-state index contributed by atoms with van der Waals surface area (Å²) in [6.45, 7) is 1.84. The maximum Gasteiger partial charge on any atom is 0.338 e. The summed E-state index contributed by atoms with van der Waals surface area (Å²) in [6, 6.07) is 5.39. The van der Waals surface area contributed by atoms with Gasteiger partial charge in [-0.3, -0.25) is 0 Å². The highest BCUT2D eigenvalue weighted by Crippen LogP contribution is 2.16. The smallest absolute Gasteiger partial charge is 0.338 e. The Hall–Kier alpha value is -1.61. The summed E-state index contributed by atoms with van der Waals surface area (Å²) in [5, 5.41) is 8.66. The van der Waals surface area contributed by atoms with Crippen LogP contribution >= 0.6 is 0 Å². The number of carbonyl (C=O) groups is 1. The number of ether oxygens (including phenoxy) is 1. The molecule has 0 amide bonds. The number of aliphatic hydroxyl groups is 1. The normalized spacial score (nSPS) is 10.6. The number of carbonyl (C=O) groups excluding carboxylic acids is 1. The van der Waals surface area contributed by atoms with Crippen LogP contribution in [0.1, 0.15) is 21.5 Å². The molecule has 0 saturated heterocycles. The van der Waals surface area contributed by atoms with Crippen LogP contribution in [0.2, 0.25) is 0 Å². The van der Waals surface area contributed by atoms with Crippen molar-refractivity contribution in [3.05, 3.63) is 41.0 Å². The Bertz CT molecular complexity index is 380. The second-order valence-electron chi connectivity index (χ2n) is 3.10. The van der Waals surface area contributed by atoms with E-state index in [0.29, 0.717) is 5.56 Å². The second kappa shape index (κ2) is 5.32. The third-order valence-corrected chi connectivity index (χ3v) is 2.18. The summed E-state index contributed by atoms with van der Waals surface area (Å²) < 4.78 is 4.66. The first-order chi connectivity index (χ1) is 7.20. The first kappa shape index (κ1) is 11.5. The maximum atomic E-state index is 11.4. The van der Waals surface area contributed by atoms with E-state index in [1.165, 1.54) is 7.11 Å². The average Bonchev–Trinajstić information content (AvgIpc) is 2.27. The van der Waals surface area contributed by atoms with Crippen molar-refractivity contribution in [1.82, 2.24) is 0 Å². The van der Waals surface area contributed by atoms with Crippen LogP contribution in [0.15, 0.2) is 24.3 Å². The van der Waals surface area contributed by atoms with Crippen LogP contribution in [0.5, 0.6) is 0 Å². The summed E-state index contributed by atoms with van der Waals surface area (Å²) >= 11 is 0. The minimum absolute atomic E-state index is 0.0120. The van der Waals surface area contributed by atoms with Gasteiger partial charge in [-0.05, 0) is 24.1 Å². The van der Waals surface area contributed by atoms with Crippen molar-refractivity contribution in [2.75, 3.05) is 13.7 Å². The van der Waals surface area contributed by atoms with Gasteiger partial charge in [0.15, 0.2) is 0 Å². The molecule has 80 valence electrons. The number of benzene rings is 1. The summed E-state index contributed by atoms with van der Waals surface area (Å²) in [5.41, 5.74) is 2.32. The lowest BCUT2D eigenvalue weighted by atomic mass is 10.0. The molecular weight excluding hydrogens is 192 g/mol. The molecule has 0 aliphatic rings. The molecule has 0 bridgehead atoms. The van der Waals surface area contributed by atoms with Gasteiger partial charge in [-0.15, -0.1) is 0 Å². The van der Waals surface area contributed by atoms with Crippen LogP contribution in [0.25, 0.3) is 6.08 Å². The first-order valence-corrected chi connectivity index (χ1v) is 4.66. The molecule has 0 aromatic heterocycles. The van der Waals surface area contributed by atoms with Gasteiger partial charge in [-0.25, -0.2) is 4.79 Å². The van der Waals surface area contributed by atoms with Gasteiger partial charge in [0.05, 0.1) is 19.3 Å². The third kappa shape index (κ3) is 2.67. The molecule has 15 heavy (non-hydrogen) atoms. The molecule has 0 fully saturated rings. The minimum Gasteiger partial charge on any atom is -0.465 e. The summed E-state index contributed by atoms with van der Waals surface area (Å²) in [5.74, 6) is -0.341. The Balaban J connectivity index is 3.11. The van der Waals surface area contributed by atoms with Crippen LogP contribution in [-0.4, -0.2) is 24.8 Å². The van der Waals surface area contributed by atoms with Crippen molar-refractivity contribution < 1.29 is 14.6 Å². The monoisotopic (exact) mass is 206 g/mol. The average molecular weight is 206 g/mol. The lowest BCUT2D eigenvalue weighted by Crippen LogP contribution is -2.04. The molecule has 0 radical (unpaired) electrons. The van der Waals surface area contributed by atoms with Gasteiger partial charge in [-0.1, -0.05) is 24.3 Å². The molecule has 0 aliphatic heterocycles. The Kier molecular flexibility index (Phi) is 4.06. The SMILES string of the molecule is COC(=O)c1cccc(C=CCO)c1C. The van der Waals surface area contributed by atoms with E-state index < -0.39 is 0 Å². The molecule has 0 atom stereocenters. The molecule has 3 heteroatoms. The van der Waals surface area contributed by atoms with Crippen molar-refractivity contribution in [3.63, 3.8) is 0 Å². The van der Waals surface area contributed by atoms with E-state index in [-0.39, 0.29) is 12.6 Å². The van der Waals surface area contributed by atoms with Crippen LogP contribution in [0.3, 0.4) is 0 Å². The Labute approximate surface area is 89.0 Å². The molecule has 0 spiro atoms. The zero-order chi connectivity index (χ0) is 11.3. The molecule has 1 aromatic carbocycles. The van der Waals surface area contributed by atoms with E-state index in [2.05, 4.69) is 4.74 Å². The molecule has 0 unspecified atom stereocenters. The topological polar surface area (TPSA) is 46.5 Å². The zero-order valence-corrected chi connectivity index (χ0v) is 8.86. The Morgan fingerprint density at radius 2 is 2.27 bits per heavy atom. The van der Waals surface area contributed by atoms with Crippen molar-refractivity contribution in [1.29, 1.82) is 0 Å². The van der Waals surface area contributed by atoms with E-state index >= 15 is 0 Å². The Morgan fingerprint density at radius 1 is 1.53 bits per heavy atom. The summed E-state index contributed by atoms with van der Waals surface area (Å²) in [4.78, 5) is 11.4. The van der Waals surface area contributed by atoms with Crippen LogP contribution < -0.4 is 0 Å². The van der Waals surface area contributed by atoms with Crippen LogP contribution in [-0.2, 0) is 4.74 Å². The van der Waals surface area contributed by atoms with Crippen LogP contribution in [0.4, 0.5) is 0 Å². The van der Waals surface area contributed by atoms with Crippen LogP contribution in [0, 0.1) is 6.92 Å². The van der Waals surface area contributed by atoms with Gasteiger partial charge in [0.25, 0.3) is 0 Å². The number of aliphatic hydroxyl groups excluding tert-OH is 1. The number of esters is 1. The van der Waals surface area contributed by atoms with Crippen molar-refractivity contribution >= 4 is 12.0 Å². The first-order valence-electron chi connectivity index (χ1n) is 4.66. The van der Waals surface area contributed by atoms with Gasteiger partial charge in [0.1, 0.15) is 0 Å². The maximum absolute atomic E-state index is 11.4. The highest BCUT2D eigenvalue weighted by molar-refractivity contribution is 5.92. The molecule has 3 nitrogen and oxygen atoms in total. The fourth-order valence-electron chi connectivity index (χ4n) is 1.34. The molecule has 0 saturated carbocycles. The molecule has 0 heterocycles. The van der Waals surface area contributed by atoms with E-state index in [0.717, 1.165) is 11.1 Å².